The fourth-order valence-corrected chi connectivity index (χ4v) is 4.99. The van der Waals surface area contributed by atoms with Crippen molar-refractivity contribution in [3.63, 3.8) is 0 Å². The first-order valence-corrected chi connectivity index (χ1v) is 13.7. The minimum atomic E-state index is -0.572. The predicted octanol–water partition coefficient (Wildman–Crippen LogP) is 3.39. The van der Waals surface area contributed by atoms with Crippen LogP contribution in [0.3, 0.4) is 0 Å². The Morgan fingerprint density at radius 1 is 1.24 bits per heavy atom. The number of hydrogen-bond acceptors (Lipinski definition) is 8. The maximum absolute atomic E-state index is 12.4. The van der Waals surface area contributed by atoms with Gasteiger partial charge in [0, 0.05) is 30.3 Å². The standard InChI is InChI=1S/C30H36N8O4/c1-18(35-22-10-12-37(13-11-22)29(40)42-30(3,4)5)26(36-33)20-14-25(27-21(15-31)16-34-38(27)17-20)41-19(2)23-8-6-7-9-24(23)28(32)39/h6-9,14,16-17,19,22H,10-13H2,1-5H3,(H4,32,33,35,39)/p+1. The molecule has 1 unspecified atom stereocenters. The van der Waals surface area contributed by atoms with Gasteiger partial charge in [0.15, 0.2) is 11.3 Å². The molecule has 4 rings (SSSR count). The van der Waals surface area contributed by atoms with Crippen molar-refractivity contribution < 1.29 is 23.6 Å². The maximum Gasteiger partial charge on any atom is 0.410 e. The van der Waals surface area contributed by atoms with Crippen molar-refractivity contribution in [3.05, 3.63) is 65.0 Å². The minimum Gasteiger partial charge on any atom is -0.479 e. The molecule has 0 aliphatic carbocycles. The largest absolute Gasteiger partial charge is 0.479 e. The van der Waals surface area contributed by atoms with Gasteiger partial charge in [0.25, 0.3) is 5.52 Å². The summed E-state index contributed by atoms with van der Waals surface area (Å²) in [5.74, 6) is 5.70. The molecule has 3 aromatic rings. The van der Waals surface area contributed by atoms with Gasteiger partial charge in [-0.1, -0.05) is 22.7 Å². The number of carbonyl (C=O) groups is 2. The van der Waals surface area contributed by atoms with Gasteiger partial charge >= 0.3 is 6.09 Å². The Hall–Kier alpha value is -4.92. The third kappa shape index (κ3) is 6.68. The van der Waals surface area contributed by atoms with Gasteiger partial charge in [-0.2, -0.15) is 15.5 Å². The second kappa shape index (κ2) is 12.3. The number of benzene rings is 1. The number of aromatic amines is 1. The van der Waals surface area contributed by atoms with Crippen LogP contribution in [0.5, 0.6) is 5.75 Å². The van der Waals surface area contributed by atoms with Crippen molar-refractivity contribution in [2.75, 3.05) is 13.1 Å². The molecule has 220 valence electrons. The summed E-state index contributed by atoms with van der Waals surface area (Å²) in [5, 5.41) is 16.8. The molecule has 12 nitrogen and oxygen atoms in total. The second-order valence-corrected chi connectivity index (χ2v) is 11.2. The van der Waals surface area contributed by atoms with E-state index in [1.165, 1.54) is 0 Å². The zero-order chi connectivity index (χ0) is 30.6. The molecule has 2 aromatic heterocycles. The molecule has 0 bridgehead atoms. The fourth-order valence-electron chi connectivity index (χ4n) is 4.99. The summed E-state index contributed by atoms with van der Waals surface area (Å²) < 4.78 is 13.5. The van der Waals surface area contributed by atoms with Gasteiger partial charge in [-0.15, -0.1) is 0 Å². The van der Waals surface area contributed by atoms with E-state index in [9.17, 15) is 14.9 Å². The van der Waals surface area contributed by atoms with Crippen LogP contribution in [0.2, 0.25) is 0 Å². The number of rotatable bonds is 7. The van der Waals surface area contributed by atoms with Crippen LogP contribution < -0.4 is 20.8 Å². The fraction of sp³-hybridized carbons (Fsp3) is 0.400. The summed E-state index contributed by atoms with van der Waals surface area (Å²) in [5.41, 5.74) is 8.58. The molecular weight excluding hydrogens is 536 g/mol. The second-order valence-electron chi connectivity index (χ2n) is 11.2. The van der Waals surface area contributed by atoms with Crippen LogP contribution in [0.4, 0.5) is 4.79 Å². The lowest BCUT2D eigenvalue weighted by atomic mass is 10.0. The number of hydrogen-bond donors (Lipinski definition) is 3. The van der Waals surface area contributed by atoms with Crippen LogP contribution in [0.1, 0.15) is 80.6 Å². The molecule has 3 heterocycles. The summed E-state index contributed by atoms with van der Waals surface area (Å²) in [6.07, 6.45) is 3.80. The van der Waals surface area contributed by atoms with Crippen LogP contribution in [-0.2, 0) is 4.74 Å². The number of likely N-dealkylation sites (tertiary alicyclic amines) is 1. The molecule has 0 spiro atoms. The molecule has 1 atom stereocenters. The number of nitrogens with one attached hydrogen (secondary N) is 1. The van der Waals surface area contributed by atoms with E-state index in [1.807, 2.05) is 27.7 Å². The first-order valence-electron chi connectivity index (χ1n) is 13.7. The van der Waals surface area contributed by atoms with Crippen molar-refractivity contribution in [3.8, 4) is 11.8 Å². The number of H-pyrrole nitrogens is 1. The van der Waals surface area contributed by atoms with Gasteiger partial charge in [0.1, 0.15) is 23.5 Å². The Bertz CT molecular complexity index is 1590. The molecule has 42 heavy (non-hydrogen) atoms. The predicted molar refractivity (Wildman–Crippen MR) is 157 cm³/mol. The number of nitriles is 1. The normalized spacial score (nSPS) is 15.8. The van der Waals surface area contributed by atoms with Crippen molar-refractivity contribution in [2.24, 2.45) is 21.7 Å². The molecule has 0 radical (unpaired) electrons. The molecule has 2 amide bonds. The highest BCUT2D eigenvalue weighted by Gasteiger charge is 2.28. The number of ether oxygens (including phenoxy) is 2. The lowest BCUT2D eigenvalue weighted by molar-refractivity contribution is -0.577. The van der Waals surface area contributed by atoms with Crippen LogP contribution in [0.25, 0.3) is 5.52 Å². The molecule has 1 aliphatic rings. The van der Waals surface area contributed by atoms with Gasteiger partial charge in [-0.3, -0.25) is 9.79 Å². The number of carbonyl (C=O) groups excluding carboxylic acids is 2. The van der Waals surface area contributed by atoms with Gasteiger partial charge in [-0.05, 0) is 53.5 Å². The number of aliphatic imine (C=N–C) groups is 1. The average molecular weight is 574 g/mol. The number of nitrogens with two attached hydrogens (primary N) is 2. The molecular formula is C30H37N8O4+. The van der Waals surface area contributed by atoms with Crippen molar-refractivity contribution >= 4 is 28.9 Å². The number of piperidine rings is 1. The Balaban J connectivity index is 1.61. The number of hydrazone groups is 1. The molecule has 1 aliphatic heterocycles. The van der Waals surface area contributed by atoms with E-state index in [0.717, 1.165) is 0 Å². The van der Waals surface area contributed by atoms with E-state index in [1.54, 1.807) is 59.1 Å². The van der Waals surface area contributed by atoms with E-state index in [4.69, 9.17) is 26.0 Å². The van der Waals surface area contributed by atoms with Gasteiger partial charge in [-0.25, -0.2) is 4.79 Å². The Kier molecular flexibility index (Phi) is 8.80. The quantitative estimate of drug-likeness (QED) is 0.169. The Labute approximate surface area is 244 Å². The maximum atomic E-state index is 12.4. The highest BCUT2D eigenvalue weighted by atomic mass is 16.6. The zero-order valence-corrected chi connectivity index (χ0v) is 24.5. The van der Waals surface area contributed by atoms with E-state index >= 15 is 0 Å². The smallest absolute Gasteiger partial charge is 0.410 e. The molecule has 5 N–H and O–H groups in total. The lowest BCUT2D eigenvalue weighted by Gasteiger charge is -2.32. The zero-order valence-electron chi connectivity index (χ0n) is 24.5. The Morgan fingerprint density at radius 2 is 1.93 bits per heavy atom. The molecule has 0 saturated carbocycles. The van der Waals surface area contributed by atoms with Gasteiger partial charge < -0.3 is 25.9 Å². The minimum absolute atomic E-state index is 0.0199. The third-order valence-corrected chi connectivity index (χ3v) is 6.96. The van der Waals surface area contributed by atoms with E-state index < -0.39 is 17.6 Å². The first kappa shape index (κ1) is 30.0. The Morgan fingerprint density at radius 3 is 2.55 bits per heavy atom. The first-order chi connectivity index (χ1) is 19.9. The number of primary amides is 1. The number of nitrogens with zero attached hydrogens (tertiary/aromatic N) is 5. The number of fused-ring (bicyclic) bond motifs is 1. The lowest BCUT2D eigenvalue weighted by Crippen LogP contribution is -2.42. The van der Waals surface area contributed by atoms with Crippen molar-refractivity contribution in [2.45, 2.75) is 65.2 Å². The van der Waals surface area contributed by atoms with E-state index in [0.29, 0.717) is 70.9 Å². The van der Waals surface area contributed by atoms with Crippen LogP contribution in [0, 0.1) is 11.3 Å². The van der Waals surface area contributed by atoms with Crippen LogP contribution in [-0.4, -0.2) is 58.2 Å². The van der Waals surface area contributed by atoms with E-state index in [2.05, 4.69) is 16.3 Å². The summed E-state index contributed by atoms with van der Waals surface area (Å²) in [4.78, 5) is 31.0. The number of amides is 2. The molecule has 1 saturated heterocycles. The highest BCUT2D eigenvalue weighted by Crippen LogP contribution is 2.29. The van der Waals surface area contributed by atoms with Crippen molar-refractivity contribution in [1.82, 2.24) is 10.00 Å². The SMILES string of the molecule is CC(=NC1CCN(C(=O)OC(C)(C)C)CC1)/C(=N\N)c1cc(OC(C)c2ccccc2C(N)=O)c2c(C#N)c[nH][n+]2c1. The summed E-state index contributed by atoms with van der Waals surface area (Å²) in [6.45, 7) is 10.3. The van der Waals surface area contributed by atoms with Gasteiger partial charge in [0.2, 0.25) is 12.1 Å². The number of pyridine rings is 1. The van der Waals surface area contributed by atoms with Gasteiger partial charge in [0.05, 0.1) is 23.5 Å². The molecule has 1 aromatic carbocycles. The molecule has 12 heteroatoms. The molecule has 1 fully saturated rings. The van der Waals surface area contributed by atoms with Crippen LogP contribution >= 0.6 is 0 Å². The van der Waals surface area contributed by atoms with Crippen molar-refractivity contribution in [1.29, 1.82) is 5.26 Å². The van der Waals surface area contributed by atoms with Crippen LogP contribution in [0.15, 0.2) is 52.8 Å². The highest BCUT2D eigenvalue weighted by molar-refractivity contribution is 6.47. The third-order valence-electron chi connectivity index (χ3n) is 6.96. The summed E-state index contributed by atoms with van der Waals surface area (Å²) in [6, 6.07) is 10.9. The van der Waals surface area contributed by atoms with E-state index in [-0.39, 0.29) is 12.1 Å². The number of aromatic nitrogens is 2. The summed E-state index contributed by atoms with van der Waals surface area (Å²) in [7, 11) is 0. The monoisotopic (exact) mass is 573 g/mol. The topological polar surface area (TPSA) is 176 Å². The average Bonchev–Trinajstić information content (AvgIpc) is 3.36. The summed E-state index contributed by atoms with van der Waals surface area (Å²) >= 11 is 0.